The average Bonchev–Trinajstić information content (AvgIpc) is 2.39. The lowest BCUT2D eigenvalue weighted by Crippen LogP contribution is -2.08. The van der Waals surface area contributed by atoms with E-state index in [-0.39, 0.29) is 11.9 Å². The van der Waals surface area contributed by atoms with E-state index in [4.69, 9.17) is 9.05 Å². The van der Waals surface area contributed by atoms with Crippen molar-refractivity contribution in [2.75, 3.05) is 20.4 Å². The number of carbonyl (C=O) groups is 1. The summed E-state index contributed by atoms with van der Waals surface area (Å²) in [6.45, 7) is 1.90. The van der Waals surface area contributed by atoms with Gasteiger partial charge in [0, 0.05) is 19.8 Å². The van der Waals surface area contributed by atoms with Gasteiger partial charge in [-0.15, -0.1) is 0 Å². The molecule has 1 rings (SSSR count). The van der Waals surface area contributed by atoms with E-state index in [1.807, 2.05) is 25.1 Å². The fraction of sp³-hybridized carbons (Fsp3) is 0.308. The van der Waals surface area contributed by atoms with Gasteiger partial charge in [-0.1, -0.05) is 30.4 Å². The molecule has 0 bridgehead atoms. The van der Waals surface area contributed by atoms with Crippen molar-refractivity contribution < 1.29 is 18.4 Å². The van der Waals surface area contributed by atoms with Crippen molar-refractivity contribution >= 4 is 19.5 Å². The first-order valence-electron chi connectivity index (χ1n) is 5.51. The third kappa shape index (κ3) is 3.91. The van der Waals surface area contributed by atoms with E-state index in [1.165, 1.54) is 14.2 Å². The Morgan fingerprint density at radius 1 is 1.33 bits per heavy atom. The second-order valence-electron chi connectivity index (χ2n) is 3.68. The molecular weight excluding hydrogens is 251 g/mol. The monoisotopic (exact) mass is 268 g/mol. The lowest BCUT2D eigenvalue weighted by atomic mass is 10.1. The summed E-state index contributed by atoms with van der Waals surface area (Å²) in [5.41, 5.74) is 1.42. The summed E-state index contributed by atoms with van der Waals surface area (Å²) in [5, 5.41) is 0. The lowest BCUT2D eigenvalue weighted by molar-refractivity contribution is 0.101. The number of carbonyl (C=O) groups excluding carboxylic acids is 1. The van der Waals surface area contributed by atoms with Crippen LogP contribution in [-0.2, 0) is 13.6 Å². The first kappa shape index (κ1) is 14.8. The van der Waals surface area contributed by atoms with E-state index in [9.17, 15) is 9.36 Å². The molecule has 0 fully saturated rings. The van der Waals surface area contributed by atoms with Gasteiger partial charge in [-0.3, -0.25) is 9.36 Å². The number of allylic oxidation sites excluding steroid dienone is 1. The molecule has 0 amide bonds. The van der Waals surface area contributed by atoms with Crippen molar-refractivity contribution in [2.45, 2.75) is 6.92 Å². The van der Waals surface area contributed by atoms with E-state index < -0.39 is 7.60 Å². The smallest absolute Gasteiger partial charge is 0.312 e. The predicted octanol–water partition coefficient (Wildman–Crippen LogP) is 3.39. The molecule has 0 atom stereocenters. The Bertz CT molecular complexity index is 486. The number of benzene rings is 1. The summed E-state index contributed by atoms with van der Waals surface area (Å²) >= 11 is 0. The van der Waals surface area contributed by atoms with Gasteiger partial charge in [-0.05, 0) is 18.6 Å². The number of hydrogen-bond acceptors (Lipinski definition) is 4. The highest BCUT2D eigenvalue weighted by atomic mass is 31.2. The van der Waals surface area contributed by atoms with Crippen LogP contribution < -0.4 is 0 Å². The van der Waals surface area contributed by atoms with Crippen LogP contribution in [0.15, 0.2) is 30.3 Å². The molecule has 1 aromatic carbocycles. The maximum atomic E-state index is 12.0. The van der Waals surface area contributed by atoms with Crippen LogP contribution in [0, 0.1) is 0 Å². The standard InChI is InChI=1S/C13H17O4P/c1-4-6-11-7-5-8-12(9-11)13(14)10-18(15,16-2)17-3/h4-9H,10H2,1-3H3/b6-4-. The molecule has 0 aliphatic heterocycles. The Morgan fingerprint density at radius 2 is 2.00 bits per heavy atom. The third-order valence-electron chi connectivity index (χ3n) is 2.46. The van der Waals surface area contributed by atoms with Crippen LogP contribution in [0.25, 0.3) is 6.08 Å². The van der Waals surface area contributed by atoms with Crippen LogP contribution in [0.2, 0.25) is 0 Å². The van der Waals surface area contributed by atoms with Gasteiger partial charge in [-0.25, -0.2) is 0 Å². The highest BCUT2D eigenvalue weighted by Crippen LogP contribution is 2.46. The SMILES string of the molecule is C/C=C\c1cccc(C(=O)CP(=O)(OC)OC)c1. The van der Waals surface area contributed by atoms with Crippen molar-refractivity contribution in [1.82, 2.24) is 0 Å². The summed E-state index contributed by atoms with van der Waals surface area (Å²) in [6.07, 6.45) is 3.53. The zero-order valence-corrected chi connectivity index (χ0v) is 11.6. The average molecular weight is 268 g/mol. The molecule has 0 spiro atoms. The Labute approximate surface area is 107 Å². The summed E-state index contributed by atoms with van der Waals surface area (Å²) in [7, 11) is -0.758. The van der Waals surface area contributed by atoms with Gasteiger partial charge in [0.2, 0.25) is 0 Å². The van der Waals surface area contributed by atoms with Crippen molar-refractivity contribution in [3.63, 3.8) is 0 Å². The zero-order chi connectivity index (χ0) is 13.6. The quantitative estimate of drug-likeness (QED) is 0.586. The molecule has 4 nitrogen and oxygen atoms in total. The Morgan fingerprint density at radius 3 is 2.56 bits per heavy atom. The third-order valence-corrected chi connectivity index (χ3v) is 4.25. The lowest BCUT2D eigenvalue weighted by Gasteiger charge is -2.12. The van der Waals surface area contributed by atoms with Crippen molar-refractivity contribution in [2.24, 2.45) is 0 Å². The van der Waals surface area contributed by atoms with Crippen molar-refractivity contribution in [3.05, 3.63) is 41.5 Å². The predicted molar refractivity (Wildman–Crippen MR) is 72.0 cm³/mol. The van der Waals surface area contributed by atoms with Crippen LogP contribution in [-0.4, -0.2) is 26.2 Å². The van der Waals surface area contributed by atoms with E-state index in [0.717, 1.165) is 5.56 Å². The highest BCUT2D eigenvalue weighted by Gasteiger charge is 2.26. The summed E-state index contributed by atoms with van der Waals surface area (Å²) in [6, 6.07) is 7.11. The number of Topliss-reactive ketones (excluding diaryl/α,β-unsaturated/α-hetero) is 1. The topological polar surface area (TPSA) is 52.6 Å². The van der Waals surface area contributed by atoms with E-state index in [2.05, 4.69) is 0 Å². The van der Waals surface area contributed by atoms with Gasteiger partial charge < -0.3 is 9.05 Å². The normalized spacial score (nSPS) is 11.9. The molecule has 0 saturated carbocycles. The molecule has 0 N–H and O–H groups in total. The minimum atomic E-state index is -3.30. The summed E-state index contributed by atoms with van der Waals surface area (Å²) in [5.74, 6) is -0.256. The minimum absolute atomic E-state index is 0.251. The maximum Gasteiger partial charge on any atom is 0.337 e. The molecule has 0 aliphatic carbocycles. The second kappa shape index (κ2) is 6.64. The first-order valence-corrected chi connectivity index (χ1v) is 7.24. The van der Waals surface area contributed by atoms with Crippen LogP contribution in [0.4, 0.5) is 0 Å². The minimum Gasteiger partial charge on any atom is -0.312 e. The molecule has 0 heterocycles. The molecule has 0 saturated heterocycles. The molecule has 5 heteroatoms. The molecule has 0 unspecified atom stereocenters. The van der Waals surface area contributed by atoms with Gasteiger partial charge in [0.15, 0.2) is 5.78 Å². The molecule has 0 aliphatic rings. The number of hydrogen-bond donors (Lipinski definition) is 0. The van der Waals surface area contributed by atoms with Crippen LogP contribution in [0.5, 0.6) is 0 Å². The number of rotatable bonds is 6. The van der Waals surface area contributed by atoms with Crippen LogP contribution >= 0.6 is 7.60 Å². The zero-order valence-electron chi connectivity index (χ0n) is 10.8. The summed E-state index contributed by atoms with van der Waals surface area (Å²) in [4.78, 5) is 12.0. The van der Waals surface area contributed by atoms with Gasteiger partial charge in [0.25, 0.3) is 0 Å². The molecule has 0 aromatic heterocycles. The van der Waals surface area contributed by atoms with Gasteiger partial charge in [-0.2, -0.15) is 0 Å². The van der Waals surface area contributed by atoms with E-state index in [0.29, 0.717) is 5.56 Å². The first-order chi connectivity index (χ1) is 8.54. The molecule has 18 heavy (non-hydrogen) atoms. The van der Waals surface area contributed by atoms with E-state index >= 15 is 0 Å². The Balaban J connectivity index is 2.91. The molecule has 1 aromatic rings. The van der Waals surface area contributed by atoms with Gasteiger partial charge in [0.1, 0.15) is 6.16 Å². The largest absolute Gasteiger partial charge is 0.337 e. The summed E-state index contributed by atoms with van der Waals surface area (Å²) < 4.78 is 21.4. The highest BCUT2D eigenvalue weighted by molar-refractivity contribution is 7.54. The van der Waals surface area contributed by atoms with Crippen molar-refractivity contribution in [3.8, 4) is 0 Å². The van der Waals surface area contributed by atoms with E-state index in [1.54, 1.807) is 18.2 Å². The van der Waals surface area contributed by atoms with Crippen molar-refractivity contribution in [1.29, 1.82) is 0 Å². The molecule has 98 valence electrons. The Hall–Kier alpha value is -1.22. The maximum absolute atomic E-state index is 12.0. The van der Waals surface area contributed by atoms with Crippen LogP contribution in [0.1, 0.15) is 22.8 Å². The van der Waals surface area contributed by atoms with Gasteiger partial charge in [0.05, 0.1) is 0 Å². The fourth-order valence-electron chi connectivity index (χ4n) is 1.48. The molecular formula is C13H17O4P. The molecule has 0 radical (unpaired) electrons. The number of ketones is 1. The fourth-order valence-corrected chi connectivity index (χ4v) is 2.42. The van der Waals surface area contributed by atoms with Gasteiger partial charge >= 0.3 is 7.60 Å². The Kier molecular flexibility index (Phi) is 5.48. The van der Waals surface area contributed by atoms with Crippen LogP contribution in [0.3, 0.4) is 0 Å². The second-order valence-corrected chi connectivity index (χ2v) is 5.95.